The van der Waals surface area contributed by atoms with Crippen molar-refractivity contribution < 1.29 is 4.79 Å². The number of nitrogens with zero attached hydrogens (tertiary/aromatic N) is 2. The maximum atomic E-state index is 12.3. The lowest BCUT2D eigenvalue weighted by molar-refractivity contribution is 0.0993. The van der Waals surface area contributed by atoms with Crippen molar-refractivity contribution in [2.24, 2.45) is 0 Å². The van der Waals surface area contributed by atoms with Gasteiger partial charge in [0.05, 0.1) is 0 Å². The van der Waals surface area contributed by atoms with Crippen molar-refractivity contribution in [3.8, 4) is 0 Å². The zero-order chi connectivity index (χ0) is 13.8. The quantitative estimate of drug-likeness (QED) is 0.840. The van der Waals surface area contributed by atoms with Crippen LogP contribution in [0.4, 0.5) is 5.69 Å². The van der Waals surface area contributed by atoms with E-state index in [1.165, 1.54) is 5.56 Å². The van der Waals surface area contributed by atoms with Gasteiger partial charge in [-0.1, -0.05) is 26.0 Å². The Morgan fingerprint density at radius 3 is 2.16 bits per heavy atom. The molecule has 0 aliphatic heterocycles. The van der Waals surface area contributed by atoms with Crippen molar-refractivity contribution in [2.45, 2.75) is 19.8 Å². The van der Waals surface area contributed by atoms with Gasteiger partial charge in [0, 0.05) is 30.7 Å². The molecule has 19 heavy (non-hydrogen) atoms. The van der Waals surface area contributed by atoms with Crippen LogP contribution in [-0.2, 0) is 0 Å². The standard InChI is InChI=1S/C16H18N2O/c1-12(2)13-4-6-15(7-5-13)18(3)16(19)14-8-10-17-11-9-14/h4-12H,1-3H3. The molecule has 1 amide bonds. The third kappa shape index (κ3) is 2.99. The number of anilines is 1. The minimum absolute atomic E-state index is 0.0281. The molecule has 98 valence electrons. The molecule has 0 saturated heterocycles. The molecule has 0 atom stereocenters. The van der Waals surface area contributed by atoms with Crippen molar-refractivity contribution in [3.05, 3.63) is 59.9 Å². The molecule has 0 unspecified atom stereocenters. The Balaban J connectivity index is 2.20. The molecular weight excluding hydrogens is 236 g/mol. The average Bonchev–Trinajstić information content (AvgIpc) is 2.46. The molecule has 2 rings (SSSR count). The van der Waals surface area contributed by atoms with Gasteiger partial charge in [0.1, 0.15) is 0 Å². The summed E-state index contributed by atoms with van der Waals surface area (Å²) in [5, 5.41) is 0. The fourth-order valence-electron chi connectivity index (χ4n) is 1.89. The molecule has 0 bridgehead atoms. The predicted octanol–water partition coefficient (Wildman–Crippen LogP) is 3.48. The predicted molar refractivity (Wildman–Crippen MR) is 77.5 cm³/mol. The second-order valence-corrected chi connectivity index (χ2v) is 4.85. The lowest BCUT2D eigenvalue weighted by Crippen LogP contribution is -2.26. The Kier molecular flexibility index (Phi) is 3.95. The molecule has 3 heteroatoms. The van der Waals surface area contributed by atoms with Crippen LogP contribution >= 0.6 is 0 Å². The minimum Gasteiger partial charge on any atom is -0.311 e. The van der Waals surface area contributed by atoms with E-state index >= 15 is 0 Å². The van der Waals surface area contributed by atoms with Crippen molar-refractivity contribution >= 4 is 11.6 Å². The first-order valence-corrected chi connectivity index (χ1v) is 6.37. The van der Waals surface area contributed by atoms with Gasteiger partial charge in [-0.15, -0.1) is 0 Å². The van der Waals surface area contributed by atoms with Crippen molar-refractivity contribution in [3.63, 3.8) is 0 Å². The van der Waals surface area contributed by atoms with Crippen LogP contribution in [0.15, 0.2) is 48.8 Å². The van der Waals surface area contributed by atoms with E-state index in [1.807, 2.05) is 12.1 Å². The normalized spacial score (nSPS) is 10.5. The molecule has 0 aliphatic rings. The molecule has 0 aliphatic carbocycles. The van der Waals surface area contributed by atoms with Crippen LogP contribution in [0.1, 0.15) is 35.7 Å². The van der Waals surface area contributed by atoms with Crippen LogP contribution in [0.25, 0.3) is 0 Å². The van der Waals surface area contributed by atoms with Gasteiger partial charge >= 0.3 is 0 Å². The molecule has 3 nitrogen and oxygen atoms in total. The summed E-state index contributed by atoms with van der Waals surface area (Å²) in [4.78, 5) is 17.8. The maximum absolute atomic E-state index is 12.3. The molecule has 1 heterocycles. The van der Waals surface area contributed by atoms with Gasteiger partial charge in [-0.25, -0.2) is 0 Å². The smallest absolute Gasteiger partial charge is 0.258 e. The van der Waals surface area contributed by atoms with Gasteiger partial charge in [0.2, 0.25) is 0 Å². The van der Waals surface area contributed by atoms with Gasteiger partial charge in [0.15, 0.2) is 0 Å². The maximum Gasteiger partial charge on any atom is 0.258 e. The second kappa shape index (κ2) is 5.65. The number of hydrogen-bond acceptors (Lipinski definition) is 2. The van der Waals surface area contributed by atoms with Gasteiger partial charge in [-0.2, -0.15) is 0 Å². The average molecular weight is 254 g/mol. The zero-order valence-electron chi connectivity index (χ0n) is 11.5. The van der Waals surface area contributed by atoms with Crippen LogP contribution in [0.5, 0.6) is 0 Å². The van der Waals surface area contributed by atoms with Crippen molar-refractivity contribution in [1.82, 2.24) is 4.98 Å². The molecular formula is C16H18N2O. The summed E-state index contributed by atoms with van der Waals surface area (Å²) < 4.78 is 0. The second-order valence-electron chi connectivity index (χ2n) is 4.85. The Morgan fingerprint density at radius 1 is 1.05 bits per heavy atom. The monoisotopic (exact) mass is 254 g/mol. The van der Waals surface area contributed by atoms with Crippen LogP contribution < -0.4 is 4.90 Å². The van der Waals surface area contributed by atoms with Crippen LogP contribution in [-0.4, -0.2) is 17.9 Å². The van der Waals surface area contributed by atoms with E-state index < -0.39 is 0 Å². The Morgan fingerprint density at radius 2 is 1.63 bits per heavy atom. The molecule has 0 N–H and O–H groups in total. The summed E-state index contributed by atoms with van der Waals surface area (Å²) in [6, 6.07) is 11.5. The molecule has 0 radical (unpaired) electrons. The molecule has 2 aromatic rings. The SMILES string of the molecule is CC(C)c1ccc(N(C)C(=O)c2ccncc2)cc1. The highest BCUT2D eigenvalue weighted by molar-refractivity contribution is 6.05. The van der Waals surface area contributed by atoms with Crippen LogP contribution in [0, 0.1) is 0 Å². The number of benzene rings is 1. The number of carbonyl (C=O) groups excluding carboxylic acids is 1. The zero-order valence-corrected chi connectivity index (χ0v) is 11.5. The fourth-order valence-corrected chi connectivity index (χ4v) is 1.89. The number of carbonyl (C=O) groups is 1. The first-order valence-electron chi connectivity index (χ1n) is 6.37. The summed E-state index contributed by atoms with van der Waals surface area (Å²) in [6.45, 7) is 4.31. The van der Waals surface area contributed by atoms with Gasteiger partial charge in [-0.3, -0.25) is 9.78 Å². The Labute approximate surface area is 113 Å². The largest absolute Gasteiger partial charge is 0.311 e. The van der Waals surface area contributed by atoms with E-state index in [9.17, 15) is 4.79 Å². The van der Waals surface area contributed by atoms with Gasteiger partial charge in [-0.05, 0) is 35.7 Å². The summed E-state index contributed by atoms with van der Waals surface area (Å²) in [6.07, 6.45) is 3.26. The fraction of sp³-hybridized carbons (Fsp3) is 0.250. The summed E-state index contributed by atoms with van der Waals surface area (Å²) in [5.74, 6) is 0.468. The highest BCUT2D eigenvalue weighted by Gasteiger charge is 2.13. The summed E-state index contributed by atoms with van der Waals surface area (Å²) >= 11 is 0. The van der Waals surface area contributed by atoms with Crippen molar-refractivity contribution in [1.29, 1.82) is 0 Å². The molecule has 1 aromatic heterocycles. The number of pyridine rings is 1. The molecule has 0 saturated carbocycles. The summed E-state index contributed by atoms with van der Waals surface area (Å²) in [5.41, 5.74) is 2.81. The van der Waals surface area contributed by atoms with E-state index in [1.54, 1.807) is 36.5 Å². The van der Waals surface area contributed by atoms with E-state index in [2.05, 4.69) is 31.0 Å². The summed E-state index contributed by atoms with van der Waals surface area (Å²) in [7, 11) is 1.78. The van der Waals surface area contributed by atoms with E-state index in [0.29, 0.717) is 11.5 Å². The number of amides is 1. The topological polar surface area (TPSA) is 33.2 Å². The lowest BCUT2D eigenvalue weighted by Gasteiger charge is -2.18. The first-order chi connectivity index (χ1) is 9.09. The highest BCUT2D eigenvalue weighted by Crippen LogP contribution is 2.20. The Bertz CT molecular complexity index is 547. The third-order valence-electron chi connectivity index (χ3n) is 3.18. The highest BCUT2D eigenvalue weighted by atomic mass is 16.2. The number of rotatable bonds is 3. The molecule has 0 fully saturated rings. The minimum atomic E-state index is -0.0281. The number of hydrogen-bond donors (Lipinski definition) is 0. The van der Waals surface area contributed by atoms with Crippen molar-refractivity contribution in [2.75, 3.05) is 11.9 Å². The van der Waals surface area contributed by atoms with Gasteiger partial charge in [0.25, 0.3) is 5.91 Å². The lowest BCUT2D eigenvalue weighted by atomic mass is 10.0. The van der Waals surface area contributed by atoms with E-state index in [0.717, 1.165) is 5.69 Å². The number of aromatic nitrogens is 1. The van der Waals surface area contributed by atoms with Crippen LogP contribution in [0.2, 0.25) is 0 Å². The third-order valence-corrected chi connectivity index (χ3v) is 3.18. The van der Waals surface area contributed by atoms with Crippen LogP contribution in [0.3, 0.4) is 0 Å². The van der Waals surface area contributed by atoms with E-state index in [-0.39, 0.29) is 5.91 Å². The molecule has 0 spiro atoms. The first kappa shape index (κ1) is 13.3. The van der Waals surface area contributed by atoms with Gasteiger partial charge < -0.3 is 4.90 Å². The van der Waals surface area contributed by atoms with E-state index in [4.69, 9.17) is 0 Å². The Hall–Kier alpha value is -2.16. The molecule has 1 aromatic carbocycles.